The quantitative estimate of drug-likeness (QED) is 0.410. The first kappa shape index (κ1) is 18.5. The molecule has 0 spiro atoms. The average Bonchev–Trinajstić information content (AvgIpc) is 2.16. The van der Waals surface area contributed by atoms with Crippen molar-refractivity contribution in [1.82, 2.24) is 0 Å². The van der Waals surface area contributed by atoms with Crippen LogP contribution < -0.4 is 0 Å². The third-order valence-corrected chi connectivity index (χ3v) is 0.826. The fourth-order valence-electron chi connectivity index (χ4n) is 0.0680. The van der Waals surface area contributed by atoms with Crippen molar-refractivity contribution in [2.24, 2.45) is 0 Å². The standard InChI is InChI=1S/2C3H4O2S.Zn/c2*1-2-3(4)5-6;/h2*2,6H,1H2;/q;;+2/p-2. The van der Waals surface area contributed by atoms with Gasteiger partial charge in [-0.05, 0) is 0 Å². The molecule has 13 heavy (non-hydrogen) atoms. The van der Waals surface area contributed by atoms with Gasteiger partial charge in [-0.2, -0.15) is 0 Å². The fraction of sp³-hybridized carbons (Fsp3) is 0. The molecule has 0 aliphatic rings. The van der Waals surface area contributed by atoms with Crippen LogP contribution in [0.25, 0.3) is 0 Å². The summed E-state index contributed by atoms with van der Waals surface area (Å²) in [5.41, 5.74) is 0. The molecule has 0 heterocycles. The normalized spacial score (nSPS) is 6.31. The van der Waals surface area contributed by atoms with Gasteiger partial charge in [0, 0.05) is 12.2 Å². The van der Waals surface area contributed by atoms with Crippen molar-refractivity contribution in [1.29, 1.82) is 0 Å². The van der Waals surface area contributed by atoms with E-state index < -0.39 is 11.9 Å². The maximum absolute atomic E-state index is 9.74. The van der Waals surface area contributed by atoms with Crippen molar-refractivity contribution in [3.8, 4) is 0 Å². The molecule has 0 aromatic rings. The van der Waals surface area contributed by atoms with Gasteiger partial charge in [0.15, 0.2) is 0 Å². The zero-order chi connectivity index (χ0) is 9.98. The first-order valence-electron chi connectivity index (χ1n) is 2.54. The Morgan fingerprint density at radius 2 is 1.23 bits per heavy atom. The summed E-state index contributed by atoms with van der Waals surface area (Å²) in [4.78, 5) is 19.5. The molecule has 0 fully saturated rings. The SMILES string of the molecule is C=CC(=O)O[S-].C=CC(=O)O[S-].[Zn+2]. The summed E-state index contributed by atoms with van der Waals surface area (Å²) in [6.07, 6.45) is 2.01. The van der Waals surface area contributed by atoms with Gasteiger partial charge in [0.05, 0.1) is 0 Å². The van der Waals surface area contributed by atoms with Crippen molar-refractivity contribution in [2.75, 3.05) is 0 Å². The maximum atomic E-state index is 9.74. The first-order chi connectivity index (χ1) is 5.62. The molecule has 0 saturated carbocycles. The van der Waals surface area contributed by atoms with Crippen LogP contribution in [0.2, 0.25) is 0 Å². The summed E-state index contributed by atoms with van der Waals surface area (Å²) in [5.74, 6) is -1.16. The van der Waals surface area contributed by atoms with Gasteiger partial charge >= 0.3 is 31.4 Å². The van der Waals surface area contributed by atoms with Gasteiger partial charge in [-0.15, -0.1) is 0 Å². The van der Waals surface area contributed by atoms with Crippen LogP contribution in [0, 0.1) is 0 Å². The van der Waals surface area contributed by atoms with Crippen LogP contribution in [0.5, 0.6) is 0 Å². The summed E-state index contributed by atoms with van der Waals surface area (Å²) < 4.78 is 7.45. The zero-order valence-electron chi connectivity index (χ0n) is 6.73. The molecule has 0 amide bonds. The Hall–Kier alpha value is -0.257. The molecular formula is C6H6O4S2Zn. The van der Waals surface area contributed by atoms with Crippen LogP contribution in [0.15, 0.2) is 25.3 Å². The predicted octanol–water partition coefficient (Wildman–Crippen LogP) is 0.352. The largest absolute Gasteiger partial charge is 2.00 e. The van der Waals surface area contributed by atoms with Gasteiger partial charge in [-0.3, -0.25) is 0 Å². The van der Waals surface area contributed by atoms with Crippen LogP contribution in [0.4, 0.5) is 0 Å². The van der Waals surface area contributed by atoms with Gasteiger partial charge in [-0.25, -0.2) is 9.59 Å². The summed E-state index contributed by atoms with van der Waals surface area (Å²) in [7, 11) is 0. The second-order valence-corrected chi connectivity index (χ2v) is 1.55. The predicted molar refractivity (Wildman–Crippen MR) is 47.3 cm³/mol. The molecule has 0 aliphatic carbocycles. The second-order valence-electron chi connectivity index (χ2n) is 1.21. The van der Waals surface area contributed by atoms with Crippen LogP contribution >= 0.6 is 0 Å². The van der Waals surface area contributed by atoms with E-state index in [0.29, 0.717) is 0 Å². The number of hydrogen-bond acceptors (Lipinski definition) is 6. The van der Waals surface area contributed by atoms with Crippen LogP contribution in [-0.2, 0) is 63.3 Å². The topological polar surface area (TPSA) is 52.6 Å². The Kier molecular flexibility index (Phi) is 20.3. The van der Waals surface area contributed by atoms with E-state index in [2.05, 4.69) is 47.3 Å². The Bertz CT molecular complexity index is 163. The number of carbonyl (C=O) groups excluding carboxylic acids is 2. The van der Waals surface area contributed by atoms with Gasteiger partial charge in [-0.1, -0.05) is 13.2 Å². The van der Waals surface area contributed by atoms with Gasteiger partial charge < -0.3 is 34.2 Å². The molecule has 0 aromatic carbocycles. The van der Waals surface area contributed by atoms with Crippen LogP contribution in [0.1, 0.15) is 0 Å². The molecule has 0 bridgehead atoms. The molecule has 0 aromatic heterocycles. The van der Waals surface area contributed by atoms with E-state index in [9.17, 15) is 9.59 Å². The van der Waals surface area contributed by atoms with E-state index in [1.54, 1.807) is 0 Å². The molecule has 0 saturated heterocycles. The Balaban J connectivity index is -0.000000143. The average molecular weight is 272 g/mol. The summed E-state index contributed by atoms with van der Waals surface area (Å²) >= 11 is 7.71. The molecule has 7 heteroatoms. The Labute approximate surface area is 100 Å². The van der Waals surface area contributed by atoms with Gasteiger partial charge in [0.25, 0.3) is 0 Å². The van der Waals surface area contributed by atoms with Crippen molar-refractivity contribution >= 4 is 37.8 Å². The van der Waals surface area contributed by atoms with Crippen LogP contribution in [-0.4, -0.2) is 11.9 Å². The minimum atomic E-state index is -0.579. The summed E-state index contributed by atoms with van der Waals surface area (Å²) in [6.45, 7) is 6.18. The summed E-state index contributed by atoms with van der Waals surface area (Å²) in [6, 6.07) is 0. The molecule has 0 aliphatic heterocycles. The molecule has 0 rings (SSSR count). The summed E-state index contributed by atoms with van der Waals surface area (Å²) in [5, 5.41) is 0. The molecule has 4 nitrogen and oxygen atoms in total. The third-order valence-electron chi connectivity index (χ3n) is 0.498. The molecule has 0 radical (unpaired) electrons. The van der Waals surface area contributed by atoms with E-state index in [4.69, 9.17) is 0 Å². The molecule has 0 atom stereocenters. The van der Waals surface area contributed by atoms with E-state index >= 15 is 0 Å². The second kappa shape index (κ2) is 14.3. The smallest absolute Gasteiger partial charge is 0.612 e. The van der Waals surface area contributed by atoms with Gasteiger partial charge in [0.1, 0.15) is 0 Å². The Morgan fingerprint density at radius 3 is 1.23 bits per heavy atom. The molecule has 0 N–H and O–H groups in total. The zero-order valence-corrected chi connectivity index (χ0v) is 11.3. The van der Waals surface area contributed by atoms with Gasteiger partial charge in [0.2, 0.25) is 0 Å². The molecule has 0 unspecified atom stereocenters. The van der Waals surface area contributed by atoms with Crippen molar-refractivity contribution < 1.29 is 37.4 Å². The van der Waals surface area contributed by atoms with Crippen LogP contribution in [0.3, 0.4) is 0 Å². The molecule has 68 valence electrons. The minimum Gasteiger partial charge on any atom is -0.612 e. The third kappa shape index (κ3) is 18.6. The fourth-order valence-corrected chi connectivity index (χ4v) is 0.204. The van der Waals surface area contributed by atoms with E-state index in [-0.39, 0.29) is 19.5 Å². The first-order valence-corrected chi connectivity index (χ1v) is 3.21. The minimum absolute atomic E-state index is 0. The van der Waals surface area contributed by atoms with E-state index in [0.717, 1.165) is 12.2 Å². The maximum Gasteiger partial charge on any atom is 2.00 e. The monoisotopic (exact) mass is 270 g/mol. The molecular weight excluding hydrogens is 266 g/mol. The number of carbonyl (C=O) groups is 2. The van der Waals surface area contributed by atoms with E-state index in [1.807, 2.05) is 0 Å². The van der Waals surface area contributed by atoms with Crippen molar-refractivity contribution in [3.05, 3.63) is 25.3 Å². The number of rotatable bonds is 2. The van der Waals surface area contributed by atoms with Crippen molar-refractivity contribution in [2.45, 2.75) is 0 Å². The van der Waals surface area contributed by atoms with E-state index in [1.165, 1.54) is 0 Å². The number of hydrogen-bond donors (Lipinski definition) is 0. The van der Waals surface area contributed by atoms with Crippen molar-refractivity contribution in [3.63, 3.8) is 0 Å². The Morgan fingerprint density at radius 1 is 1.00 bits per heavy atom.